The fourth-order valence-corrected chi connectivity index (χ4v) is 3.13. The first kappa shape index (κ1) is 18.1. The number of hydrogen-bond donors (Lipinski definition) is 1. The molecule has 1 amide bonds. The molecule has 0 heterocycles. The number of carbonyl (C=O) groups is 1. The fraction of sp³-hybridized carbons (Fsp3) is 0.105. The number of fused-ring (bicyclic) bond motifs is 1. The van der Waals surface area contributed by atoms with Crippen molar-refractivity contribution in [3.63, 3.8) is 0 Å². The highest BCUT2D eigenvalue weighted by Gasteiger charge is 2.16. The third kappa shape index (κ3) is 4.11. The number of benzene rings is 3. The van der Waals surface area contributed by atoms with Gasteiger partial charge in [-0.1, -0.05) is 42.0 Å². The molecule has 0 saturated carbocycles. The minimum atomic E-state index is -5.31. The van der Waals surface area contributed by atoms with Crippen LogP contribution in [0.25, 0.3) is 10.8 Å². The Kier molecular flexibility index (Phi) is 4.83. The lowest BCUT2D eigenvalue weighted by molar-refractivity contribution is -0.333. The highest BCUT2D eigenvalue weighted by molar-refractivity contribution is 7.43. The molecule has 134 valence electrons. The number of carbonyl (C=O) groups excluding carboxylic acids is 1. The molecule has 0 atom stereocenters. The molecule has 0 bridgehead atoms. The van der Waals surface area contributed by atoms with Crippen molar-refractivity contribution < 1.29 is 23.7 Å². The van der Waals surface area contributed by atoms with Crippen LogP contribution in [-0.2, 0) is 4.57 Å². The highest BCUT2D eigenvalue weighted by atomic mass is 31.2. The zero-order valence-electron chi connectivity index (χ0n) is 14.2. The van der Waals surface area contributed by atoms with E-state index < -0.39 is 13.7 Å². The van der Waals surface area contributed by atoms with Crippen LogP contribution in [0.2, 0.25) is 0 Å². The van der Waals surface area contributed by atoms with Crippen LogP contribution in [0.3, 0.4) is 0 Å². The number of aryl methyl sites for hydroxylation is 2. The maximum Gasteiger partial charge on any atom is 0.259 e. The molecule has 7 heteroatoms. The summed E-state index contributed by atoms with van der Waals surface area (Å²) in [5.41, 5.74) is 2.47. The Labute approximate surface area is 150 Å². The monoisotopic (exact) mass is 369 g/mol. The first-order valence-corrected chi connectivity index (χ1v) is 9.32. The molecule has 0 aromatic heterocycles. The molecule has 26 heavy (non-hydrogen) atoms. The van der Waals surface area contributed by atoms with Crippen LogP contribution < -0.4 is 19.6 Å². The SMILES string of the molecule is Cc1ccc(NC(=O)c2cc3ccccc3cc2OP(=O)([O-])[O-])c(C)c1. The van der Waals surface area contributed by atoms with E-state index in [1.165, 1.54) is 12.1 Å². The summed E-state index contributed by atoms with van der Waals surface area (Å²) in [6, 6.07) is 15.5. The molecule has 3 aromatic rings. The van der Waals surface area contributed by atoms with Crippen LogP contribution in [0, 0.1) is 13.8 Å². The van der Waals surface area contributed by atoms with Crippen LogP contribution >= 0.6 is 7.82 Å². The lowest BCUT2D eigenvalue weighted by Gasteiger charge is -2.30. The molecule has 0 saturated heterocycles. The molecule has 0 aliphatic heterocycles. The molecule has 0 aliphatic carbocycles. The predicted octanol–water partition coefficient (Wildman–Crippen LogP) is 2.92. The predicted molar refractivity (Wildman–Crippen MR) is 96.1 cm³/mol. The van der Waals surface area contributed by atoms with Gasteiger partial charge in [0.2, 0.25) is 0 Å². The van der Waals surface area contributed by atoms with E-state index in [1.807, 2.05) is 26.0 Å². The molecule has 3 aromatic carbocycles. The average Bonchev–Trinajstić information content (AvgIpc) is 2.55. The highest BCUT2D eigenvalue weighted by Crippen LogP contribution is 2.35. The van der Waals surface area contributed by atoms with Gasteiger partial charge in [-0.15, -0.1) is 0 Å². The molecule has 0 radical (unpaired) electrons. The molecule has 0 fully saturated rings. The number of phosphoric acid groups is 1. The van der Waals surface area contributed by atoms with Crippen molar-refractivity contribution in [1.82, 2.24) is 0 Å². The zero-order valence-corrected chi connectivity index (χ0v) is 15.1. The smallest absolute Gasteiger partial charge is 0.259 e. The number of anilines is 1. The second-order valence-corrected chi connectivity index (χ2v) is 7.08. The number of amides is 1. The van der Waals surface area contributed by atoms with Crippen molar-refractivity contribution in [1.29, 1.82) is 0 Å². The summed E-state index contributed by atoms with van der Waals surface area (Å²) in [6.07, 6.45) is 0. The second-order valence-electron chi connectivity index (χ2n) is 6.01. The summed E-state index contributed by atoms with van der Waals surface area (Å²) < 4.78 is 15.6. The van der Waals surface area contributed by atoms with E-state index in [-0.39, 0.29) is 11.3 Å². The van der Waals surface area contributed by atoms with E-state index in [9.17, 15) is 19.1 Å². The van der Waals surface area contributed by atoms with Crippen LogP contribution in [0.15, 0.2) is 54.6 Å². The normalized spacial score (nSPS) is 11.4. The second kappa shape index (κ2) is 6.92. The van der Waals surface area contributed by atoms with Gasteiger partial charge in [-0.05, 0) is 48.4 Å². The Bertz CT molecular complexity index is 1040. The maximum absolute atomic E-state index is 12.7. The van der Waals surface area contributed by atoms with Crippen molar-refractivity contribution in [2.45, 2.75) is 13.8 Å². The van der Waals surface area contributed by atoms with E-state index >= 15 is 0 Å². The molecule has 0 aliphatic rings. The van der Waals surface area contributed by atoms with E-state index in [0.29, 0.717) is 11.1 Å². The van der Waals surface area contributed by atoms with Gasteiger partial charge in [0.25, 0.3) is 5.91 Å². The summed E-state index contributed by atoms with van der Waals surface area (Å²) in [6.45, 7) is 3.79. The number of rotatable bonds is 4. The largest absolute Gasteiger partial charge is 0.780 e. The summed E-state index contributed by atoms with van der Waals surface area (Å²) in [5, 5.41) is 4.10. The van der Waals surface area contributed by atoms with E-state index in [2.05, 4.69) is 9.84 Å². The fourth-order valence-electron chi connectivity index (χ4n) is 2.74. The first-order valence-electron chi connectivity index (χ1n) is 7.86. The van der Waals surface area contributed by atoms with E-state index in [4.69, 9.17) is 0 Å². The number of hydrogen-bond acceptors (Lipinski definition) is 5. The van der Waals surface area contributed by atoms with E-state index in [1.54, 1.807) is 30.3 Å². The van der Waals surface area contributed by atoms with Crippen molar-refractivity contribution in [2.24, 2.45) is 0 Å². The Balaban J connectivity index is 2.04. The van der Waals surface area contributed by atoms with Gasteiger partial charge in [-0.25, -0.2) is 0 Å². The average molecular weight is 369 g/mol. The van der Waals surface area contributed by atoms with Crippen molar-refractivity contribution in [3.05, 3.63) is 71.3 Å². The van der Waals surface area contributed by atoms with Gasteiger partial charge in [0.1, 0.15) is 13.6 Å². The quantitative estimate of drug-likeness (QED) is 0.713. The summed E-state index contributed by atoms with van der Waals surface area (Å²) in [7, 11) is -5.31. The van der Waals surface area contributed by atoms with Crippen molar-refractivity contribution in [3.8, 4) is 5.75 Å². The van der Waals surface area contributed by atoms with Gasteiger partial charge in [-0.2, -0.15) is 0 Å². The minimum absolute atomic E-state index is 0.0319. The standard InChI is InChI=1S/C19H18NO5P/c1-12-7-8-17(13(2)9-12)20-19(21)16-10-14-5-3-4-6-15(14)11-18(16)25-26(22,23)24/h3-11H,1-2H3,(H,20,21)(H2,22,23,24)/p-2. The van der Waals surface area contributed by atoms with Crippen molar-refractivity contribution in [2.75, 3.05) is 5.32 Å². The van der Waals surface area contributed by atoms with Crippen molar-refractivity contribution >= 4 is 30.2 Å². The van der Waals surface area contributed by atoms with Crippen LogP contribution in [0.4, 0.5) is 5.69 Å². The zero-order chi connectivity index (χ0) is 18.9. The molecule has 0 spiro atoms. The van der Waals surface area contributed by atoms with Gasteiger partial charge >= 0.3 is 0 Å². The topological polar surface area (TPSA) is 102 Å². The number of phosphoric ester groups is 1. The first-order chi connectivity index (χ1) is 12.2. The Morgan fingerprint density at radius 2 is 1.65 bits per heavy atom. The Morgan fingerprint density at radius 3 is 2.27 bits per heavy atom. The van der Waals surface area contributed by atoms with Gasteiger partial charge in [0.05, 0.1) is 5.56 Å². The minimum Gasteiger partial charge on any atom is -0.780 e. The van der Waals surface area contributed by atoms with Gasteiger partial charge < -0.3 is 24.2 Å². The Hall–Kier alpha value is -2.66. The molecule has 6 nitrogen and oxygen atoms in total. The summed E-state index contributed by atoms with van der Waals surface area (Å²) in [4.78, 5) is 34.9. The molecule has 0 unspecified atom stereocenters. The van der Waals surface area contributed by atoms with Gasteiger partial charge in [0, 0.05) is 5.69 Å². The van der Waals surface area contributed by atoms with Crippen LogP contribution in [-0.4, -0.2) is 5.91 Å². The molecule has 3 rings (SSSR count). The molecule has 1 N–H and O–H groups in total. The van der Waals surface area contributed by atoms with Gasteiger partial charge in [0.15, 0.2) is 0 Å². The van der Waals surface area contributed by atoms with Crippen LogP contribution in [0.5, 0.6) is 5.75 Å². The lowest BCUT2D eigenvalue weighted by atomic mass is 10.0. The molecular formula is C19H16NO5P-2. The number of nitrogens with one attached hydrogen (secondary N) is 1. The third-order valence-electron chi connectivity index (χ3n) is 3.93. The Morgan fingerprint density at radius 1 is 1.00 bits per heavy atom. The maximum atomic E-state index is 12.7. The van der Waals surface area contributed by atoms with Crippen LogP contribution in [0.1, 0.15) is 21.5 Å². The van der Waals surface area contributed by atoms with E-state index in [0.717, 1.165) is 16.5 Å². The summed E-state index contributed by atoms with van der Waals surface area (Å²) in [5.74, 6) is -0.856. The molecular weight excluding hydrogens is 353 g/mol. The third-order valence-corrected chi connectivity index (χ3v) is 4.35. The van der Waals surface area contributed by atoms with Gasteiger partial charge in [-0.3, -0.25) is 4.79 Å². The lowest BCUT2D eigenvalue weighted by Crippen LogP contribution is -2.21. The summed E-state index contributed by atoms with van der Waals surface area (Å²) >= 11 is 0.